The molecule has 1 aromatic rings. The first-order chi connectivity index (χ1) is 8.10. The molecule has 2 N–H and O–H groups in total. The first-order valence-electron chi connectivity index (χ1n) is 5.27. The fourth-order valence-electron chi connectivity index (χ4n) is 1.63. The standard InChI is InChI=1S/C12H16ClNO3/c1-4-7-5-9(16-2)12(17-3)10(11(7)13)8(15)6-14/h5H,4,6,14H2,1-3H3. The Kier molecular flexibility index (Phi) is 4.78. The van der Waals surface area contributed by atoms with E-state index >= 15 is 0 Å². The van der Waals surface area contributed by atoms with Gasteiger partial charge in [0.2, 0.25) is 0 Å². The summed E-state index contributed by atoms with van der Waals surface area (Å²) >= 11 is 6.18. The van der Waals surface area contributed by atoms with Gasteiger partial charge in [0.1, 0.15) is 0 Å². The number of hydrogen-bond acceptors (Lipinski definition) is 4. The third-order valence-electron chi connectivity index (χ3n) is 2.53. The number of carbonyl (C=O) groups is 1. The van der Waals surface area contributed by atoms with E-state index in [0.29, 0.717) is 28.5 Å². The Bertz CT molecular complexity index is 432. The molecule has 94 valence electrons. The minimum Gasteiger partial charge on any atom is -0.493 e. The van der Waals surface area contributed by atoms with Crippen LogP contribution in [0, 0.1) is 0 Å². The molecule has 0 radical (unpaired) electrons. The van der Waals surface area contributed by atoms with Gasteiger partial charge in [0.25, 0.3) is 0 Å². The van der Waals surface area contributed by atoms with E-state index in [0.717, 1.165) is 5.56 Å². The highest BCUT2D eigenvalue weighted by Crippen LogP contribution is 2.38. The molecule has 0 heterocycles. The van der Waals surface area contributed by atoms with Crippen LogP contribution in [0.5, 0.6) is 11.5 Å². The van der Waals surface area contributed by atoms with Crippen molar-refractivity contribution in [2.45, 2.75) is 13.3 Å². The second-order valence-electron chi connectivity index (χ2n) is 3.44. The summed E-state index contributed by atoms with van der Waals surface area (Å²) in [6.45, 7) is 1.83. The number of hydrogen-bond donors (Lipinski definition) is 1. The van der Waals surface area contributed by atoms with E-state index in [1.807, 2.05) is 6.92 Å². The molecular weight excluding hydrogens is 242 g/mol. The molecular formula is C12H16ClNO3. The summed E-state index contributed by atoms with van der Waals surface area (Å²) in [5, 5.41) is 0.389. The van der Waals surface area contributed by atoms with Crippen molar-refractivity contribution in [3.05, 3.63) is 22.2 Å². The number of rotatable bonds is 5. The number of nitrogens with two attached hydrogens (primary N) is 1. The first kappa shape index (κ1) is 13.8. The molecule has 1 rings (SSSR count). The van der Waals surface area contributed by atoms with Gasteiger partial charge in [-0.25, -0.2) is 0 Å². The monoisotopic (exact) mass is 257 g/mol. The maximum Gasteiger partial charge on any atom is 0.181 e. The number of carbonyl (C=O) groups excluding carboxylic acids is 1. The second kappa shape index (κ2) is 5.89. The van der Waals surface area contributed by atoms with Crippen LogP contribution in [-0.2, 0) is 6.42 Å². The van der Waals surface area contributed by atoms with E-state index in [1.54, 1.807) is 6.07 Å². The van der Waals surface area contributed by atoms with Gasteiger partial charge in [0, 0.05) is 0 Å². The van der Waals surface area contributed by atoms with Gasteiger partial charge in [-0.3, -0.25) is 4.79 Å². The fraction of sp³-hybridized carbons (Fsp3) is 0.417. The van der Waals surface area contributed by atoms with Crippen molar-refractivity contribution < 1.29 is 14.3 Å². The quantitative estimate of drug-likeness (QED) is 0.821. The van der Waals surface area contributed by atoms with E-state index in [1.165, 1.54) is 14.2 Å². The number of aryl methyl sites for hydroxylation is 1. The summed E-state index contributed by atoms with van der Waals surface area (Å²) in [4.78, 5) is 11.8. The lowest BCUT2D eigenvalue weighted by Gasteiger charge is -2.15. The predicted molar refractivity (Wildman–Crippen MR) is 67.3 cm³/mol. The van der Waals surface area contributed by atoms with Crippen LogP contribution in [0.3, 0.4) is 0 Å². The average molecular weight is 258 g/mol. The molecule has 17 heavy (non-hydrogen) atoms. The van der Waals surface area contributed by atoms with E-state index in [9.17, 15) is 4.79 Å². The maximum absolute atomic E-state index is 11.8. The Hall–Kier alpha value is -1.26. The highest BCUT2D eigenvalue weighted by Gasteiger charge is 2.22. The minimum atomic E-state index is -0.263. The molecule has 0 spiro atoms. The topological polar surface area (TPSA) is 61.5 Å². The Labute approximate surface area is 106 Å². The molecule has 0 atom stereocenters. The van der Waals surface area contributed by atoms with Gasteiger partial charge in [-0.2, -0.15) is 0 Å². The lowest BCUT2D eigenvalue weighted by molar-refractivity contribution is 0.0998. The van der Waals surface area contributed by atoms with Crippen LogP contribution >= 0.6 is 11.6 Å². The second-order valence-corrected chi connectivity index (χ2v) is 3.82. The Morgan fingerprint density at radius 3 is 2.47 bits per heavy atom. The zero-order valence-corrected chi connectivity index (χ0v) is 10.9. The van der Waals surface area contributed by atoms with Crippen molar-refractivity contribution in [3.63, 3.8) is 0 Å². The van der Waals surface area contributed by atoms with Crippen LogP contribution in [0.25, 0.3) is 0 Å². The normalized spacial score (nSPS) is 10.2. The third-order valence-corrected chi connectivity index (χ3v) is 2.96. The molecule has 0 aromatic heterocycles. The maximum atomic E-state index is 11.8. The Morgan fingerprint density at radius 1 is 1.41 bits per heavy atom. The van der Waals surface area contributed by atoms with Crippen molar-refractivity contribution in [2.75, 3.05) is 20.8 Å². The SMILES string of the molecule is CCc1cc(OC)c(OC)c(C(=O)CN)c1Cl. The molecule has 5 heteroatoms. The van der Waals surface area contributed by atoms with Gasteiger partial charge in [0.05, 0.1) is 31.4 Å². The van der Waals surface area contributed by atoms with Gasteiger partial charge >= 0.3 is 0 Å². The molecule has 1 aromatic carbocycles. The largest absolute Gasteiger partial charge is 0.493 e. The van der Waals surface area contributed by atoms with Crippen molar-refractivity contribution in [1.82, 2.24) is 0 Å². The number of halogens is 1. The highest BCUT2D eigenvalue weighted by atomic mass is 35.5. The van der Waals surface area contributed by atoms with Gasteiger partial charge in [-0.15, -0.1) is 0 Å². The van der Waals surface area contributed by atoms with E-state index < -0.39 is 0 Å². The lowest BCUT2D eigenvalue weighted by atomic mass is 10.0. The van der Waals surface area contributed by atoms with Gasteiger partial charge in [-0.05, 0) is 18.1 Å². The summed E-state index contributed by atoms with van der Waals surface area (Å²) in [6.07, 6.45) is 0.698. The predicted octanol–water partition coefficient (Wildman–Crippen LogP) is 2.06. The van der Waals surface area contributed by atoms with Crippen LogP contribution in [0.4, 0.5) is 0 Å². The smallest absolute Gasteiger partial charge is 0.181 e. The van der Waals surface area contributed by atoms with E-state index in [-0.39, 0.29) is 12.3 Å². The molecule has 0 saturated heterocycles. The average Bonchev–Trinajstić information content (AvgIpc) is 2.36. The Balaban J connectivity index is 3.55. The third kappa shape index (κ3) is 2.53. The zero-order valence-electron chi connectivity index (χ0n) is 10.2. The fourth-order valence-corrected chi connectivity index (χ4v) is 2.01. The van der Waals surface area contributed by atoms with Gasteiger partial charge in [0.15, 0.2) is 17.3 Å². The Morgan fingerprint density at radius 2 is 2.06 bits per heavy atom. The number of Topliss-reactive ketones (excluding diaryl/α,β-unsaturated/α-hetero) is 1. The van der Waals surface area contributed by atoms with Crippen LogP contribution < -0.4 is 15.2 Å². The summed E-state index contributed by atoms with van der Waals surface area (Å²) in [5.41, 5.74) is 6.51. The van der Waals surface area contributed by atoms with Crippen molar-refractivity contribution in [1.29, 1.82) is 0 Å². The number of benzene rings is 1. The van der Waals surface area contributed by atoms with Crippen LogP contribution in [0.15, 0.2) is 6.07 Å². The summed E-state index contributed by atoms with van der Waals surface area (Å²) < 4.78 is 10.4. The number of ether oxygens (including phenoxy) is 2. The first-order valence-corrected chi connectivity index (χ1v) is 5.65. The molecule has 0 bridgehead atoms. The van der Waals surface area contributed by atoms with Crippen molar-refractivity contribution in [2.24, 2.45) is 5.73 Å². The highest BCUT2D eigenvalue weighted by molar-refractivity contribution is 6.35. The van der Waals surface area contributed by atoms with Gasteiger partial charge in [-0.1, -0.05) is 18.5 Å². The van der Waals surface area contributed by atoms with Crippen LogP contribution in [-0.4, -0.2) is 26.5 Å². The van der Waals surface area contributed by atoms with E-state index in [4.69, 9.17) is 26.8 Å². The van der Waals surface area contributed by atoms with Crippen LogP contribution in [0.2, 0.25) is 5.02 Å². The summed E-state index contributed by atoms with van der Waals surface area (Å²) in [7, 11) is 2.98. The zero-order chi connectivity index (χ0) is 13.0. The molecule has 0 amide bonds. The molecule has 0 saturated carbocycles. The molecule has 0 unspecified atom stereocenters. The molecule has 0 aliphatic heterocycles. The summed E-state index contributed by atoms with van der Waals surface area (Å²) in [6, 6.07) is 1.77. The number of methoxy groups -OCH3 is 2. The lowest BCUT2D eigenvalue weighted by Crippen LogP contribution is -2.16. The molecule has 0 aliphatic carbocycles. The van der Waals surface area contributed by atoms with E-state index in [2.05, 4.69) is 0 Å². The summed E-state index contributed by atoms with van der Waals surface area (Å²) in [5.74, 6) is 0.566. The molecule has 0 aliphatic rings. The van der Waals surface area contributed by atoms with Crippen molar-refractivity contribution >= 4 is 17.4 Å². The van der Waals surface area contributed by atoms with Crippen molar-refractivity contribution in [3.8, 4) is 11.5 Å². The minimum absolute atomic E-state index is 0.119. The molecule has 0 fully saturated rings. The van der Waals surface area contributed by atoms with Gasteiger partial charge < -0.3 is 15.2 Å². The number of ketones is 1. The van der Waals surface area contributed by atoms with Crippen LogP contribution in [0.1, 0.15) is 22.8 Å². The molecule has 4 nitrogen and oxygen atoms in total.